The second-order valence-corrected chi connectivity index (χ2v) is 3.94. The van der Waals surface area contributed by atoms with Gasteiger partial charge in [0, 0.05) is 5.02 Å². The molecule has 0 aromatic heterocycles. The number of benzene rings is 1. The summed E-state index contributed by atoms with van der Waals surface area (Å²) in [4.78, 5) is 22.1. The maximum Gasteiger partial charge on any atom is 0.325 e. The molecular weight excluding hydrogens is 260 g/mol. The van der Waals surface area contributed by atoms with Gasteiger partial charge in [-0.2, -0.15) is 0 Å². The van der Waals surface area contributed by atoms with Crippen LogP contribution in [0.5, 0.6) is 5.75 Å². The smallest absolute Gasteiger partial charge is 0.325 e. The van der Waals surface area contributed by atoms with E-state index in [9.17, 15) is 9.59 Å². The Kier molecular flexibility index (Phi) is 4.79. The Morgan fingerprint density at radius 1 is 1.44 bits per heavy atom. The van der Waals surface area contributed by atoms with Crippen molar-refractivity contribution in [2.45, 2.75) is 13.0 Å². The van der Waals surface area contributed by atoms with Crippen LogP contribution in [0.25, 0.3) is 0 Å². The number of rotatable bonds is 4. The number of carboxylic acids is 1. The van der Waals surface area contributed by atoms with Crippen molar-refractivity contribution in [2.24, 2.45) is 0 Å². The van der Waals surface area contributed by atoms with E-state index in [0.717, 1.165) is 0 Å². The van der Waals surface area contributed by atoms with Crippen LogP contribution < -0.4 is 15.4 Å². The van der Waals surface area contributed by atoms with Gasteiger partial charge in [-0.05, 0) is 25.1 Å². The standard InChI is InChI=1S/C11H13ClN2O4/c1-6(10(15)16)13-11(17)14-8-5-7(12)3-4-9(8)18-2/h3-6H,1-2H3,(H,15,16)(H2,13,14,17)/t6-/m1/s1. The van der Waals surface area contributed by atoms with Crippen molar-refractivity contribution in [3.8, 4) is 5.75 Å². The summed E-state index contributed by atoms with van der Waals surface area (Å²) in [6, 6.07) is 3.08. The molecule has 1 aromatic rings. The van der Waals surface area contributed by atoms with Crippen molar-refractivity contribution in [3.05, 3.63) is 23.2 Å². The number of nitrogens with one attached hydrogen (secondary N) is 2. The first-order chi connectivity index (χ1) is 8.43. The third-order valence-corrected chi connectivity index (χ3v) is 2.36. The minimum Gasteiger partial charge on any atom is -0.495 e. The van der Waals surface area contributed by atoms with Crippen molar-refractivity contribution >= 4 is 29.3 Å². The Bertz CT molecular complexity index is 464. The third kappa shape index (κ3) is 3.81. The zero-order valence-electron chi connectivity index (χ0n) is 9.86. The third-order valence-electron chi connectivity index (χ3n) is 2.13. The second kappa shape index (κ2) is 6.11. The predicted octanol–water partition coefficient (Wildman–Crippen LogP) is 1.94. The predicted molar refractivity (Wildman–Crippen MR) is 67.3 cm³/mol. The van der Waals surface area contributed by atoms with E-state index >= 15 is 0 Å². The Labute approximate surface area is 109 Å². The van der Waals surface area contributed by atoms with E-state index in [1.165, 1.54) is 20.1 Å². The van der Waals surface area contributed by atoms with Gasteiger partial charge in [0.25, 0.3) is 0 Å². The van der Waals surface area contributed by atoms with Crippen molar-refractivity contribution in [2.75, 3.05) is 12.4 Å². The molecule has 1 rings (SSSR count). The molecule has 3 N–H and O–H groups in total. The minimum atomic E-state index is -1.12. The highest BCUT2D eigenvalue weighted by atomic mass is 35.5. The molecule has 0 aliphatic rings. The number of methoxy groups -OCH3 is 1. The van der Waals surface area contributed by atoms with Gasteiger partial charge in [0.1, 0.15) is 11.8 Å². The molecule has 0 saturated heterocycles. The van der Waals surface area contributed by atoms with E-state index in [2.05, 4.69) is 10.6 Å². The monoisotopic (exact) mass is 272 g/mol. The van der Waals surface area contributed by atoms with Crippen LogP contribution >= 0.6 is 11.6 Å². The number of anilines is 1. The summed E-state index contributed by atoms with van der Waals surface area (Å²) < 4.78 is 5.04. The number of halogens is 1. The summed E-state index contributed by atoms with van der Waals surface area (Å²) in [5.74, 6) is -0.694. The molecule has 0 saturated carbocycles. The zero-order chi connectivity index (χ0) is 13.7. The fourth-order valence-electron chi connectivity index (χ4n) is 1.19. The summed E-state index contributed by atoms with van der Waals surface area (Å²) in [5, 5.41) is 13.8. The Hall–Kier alpha value is -1.95. The van der Waals surface area contributed by atoms with E-state index in [-0.39, 0.29) is 0 Å². The molecule has 0 unspecified atom stereocenters. The van der Waals surface area contributed by atoms with Crippen LogP contribution in [0, 0.1) is 0 Å². The number of carboxylic acid groups (broad SMARTS) is 1. The average Bonchev–Trinajstić information content (AvgIpc) is 2.28. The molecule has 1 atom stereocenters. The fraction of sp³-hybridized carbons (Fsp3) is 0.273. The number of hydrogen-bond donors (Lipinski definition) is 3. The van der Waals surface area contributed by atoms with Crippen LogP contribution in [0.1, 0.15) is 6.92 Å². The second-order valence-electron chi connectivity index (χ2n) is 3.50. The molecule has 98 valence electrons. The van der Waals surface area contributed by atoms with Crippen LogP contribution in [-0.4, -0.2) is 30.3 Å². The van der Waals surface area contributed by atoms with E-state index in [4.69, 9.17) is 21.4 Å². The van der Waals surface area contributed by atoms with Gasteiger partial charge in [-0.25, -0.2) is 4.79 Å². The number of aliphatic carboxylic acids is 1. The zero-order valence-corrected chi connectivity index (χ0v) is 10.6. The topological polar surface area (TPSA) is 87.7 Å². The van der Waals surface area contributed by atoms with E-state index in [1.54, 1.807) is 12.1 Å². The van der Waals surface area contributed by atoms with Crippen LogP contribution in [0.4, 0.5) is 10.5 Å². The van der Waals surface area contributed by atoms with Gasteiger partial charge in [0.2, 0.25) is 0 Å². The summed E-state index contributed by atoms with van der Waals surface area (Å²) in [7, 11) is 1.45. The van der Waals surface area contributed by atoms with Crippen molar-refractivity contribution in [3.63, 3.8) is 0 Å². The summed E-state index contributed by atoms with van der Waals surface area (Å²) in [6.45, 7) is 1.36. The van der Waals surface area contributed by atoms with Gasteiger partial charge < -0.3 is 20.5 Å². The molecule has 0 heterocycles. The van der Waals surface area contributed by atoms with E-state index in [0.29, 0.717) is 16.5 Å². The average molecular weight is 273 g/mol. The molecular formula is C11H13ClN2O4. The number of carbonyl (C=O) groups is 2. The molecule has 0 aliphatic heterocycles. The highest BCUT2D eigenvalue weighted by molar-refractivity contribution is 6.31. The highest BCUT2D eigenvalue weighted by Gasteiger charge is 2.15. The Morgan fingerprint density at radius 3 is 2.67 bits per heavy atom. The SMILES string of the molecule is COc1ccc(Cl)cc1NC(=O)N[C@H](C)C(=O)O. The molecule has 0 aliphatic carbocycles. The summed E-state index contributed by atoms with van der Waals surface area (Å²) >= 11 is 5.79. The summed E-state index contributed by atoms with van der Waals surface area (Å²) in [5.41, 5.74) is 0.361. The maximum absolute atomic E-state index is 11.5. The van der Waals surface area contributed by atoms with Crippen LogP contribution in [0.15, 0.2) is 18.2 Å². The van der Waals surface area contributed by atoms with Gasteiger partial charge in [-0.1, -0.05) is 11.6 Å². The van der Waals surface area contributed by atoms with Gasteiger partial charge in [0.15, 0.2) is 0 Å². The van der Waals surface area contributed by atoms with Gasteiger partial charge >= 0.3 is 12.0 Å². The van der Waals surface area contributed by atoms with Gasteiger partial charge in [-0.3, -0.25) is 4.79 Å². The van der Waals surface area contributed by atoms with Gasteiger partial charge in [0.05, 0.1) is 12.8 Å². The first kappa shape index (κ1) is 14.1. The van der Waals surface area contributed by atoms with Crippen LogP contribution in [0.2, 0.25) is 5.02 Å². The first-order valence-corrected chi connectivity index (χ1v) is 5.45. The van der Waals surface area contributed by atoms with Crippen LogP contribution in [0.3, 0.4) is 0 Å². The minimum absolute atomic E-state index is 0.361. The molecule has 0 radical (unpaired) electrons. The Balaban J connectivity index is 2.75. The number of ether oxygens (including phenoxy) is 1. The molecule has 0 bridgehead atoms. The van der Waals surface area contributed by atoms with Gasteiger partial charge in [-0.15, -0.1) is 0 Å². The summed E-state index contributed by atoms with van der Waals surface area (Å²) in [6.07, 6.45) is 0. The molecule has 18 heavy (non-hydrogen) atoms. The highest BCUT2D eigenvalue weighted by Crippen LogP contribution is 2.27. The lowest BCUT2D eigenvalue weighted by Crippen LogP contribution is -2.40. The molecule has 0 spiro atoms. The molecule has 0 fully saturated rings. The largest absolute Gasteiger partial charge is 0.495 e. The Morgan fingerprint density at radius 2 is 2.11 bits per heavy atom. The molecule has 6 nitrogen and oxygen atoms in total. The number of hydrogen-bond acceptors (Lipinski definition) is 3. The van der Waals surface area contributed by atoms with Crippen molar-refractivity contribution < 1.29 is 19.4 Å². The number of urea groups is 1. The van der Waals surface area contributed by atoms with Crippen LogP contribution in [-0.2, 0) is 4.79 Å². The van der Waals surface area contributed by atoms with Crippen molar-refractivity contribution in [1.82, 2.24) is 5.32 Å². The maximum atomic E-state index is 11.5. The van der Waals surface area contributed by atoms with Crippen molar-refractivity contribution in [1.29, 1.82) is 0 Å². The first-order valence-electron chi connectivity index (χ1n) is 5.08. The quantitative estimate of drug-likeness (QED) is 0.782. The lowest BCUT2D eigenvalue weighted by atomic mass is 10.3. The molecule has 2 amide bonds. The fourth-order valence-corrected chi connectivity index (χ4v) is 1.37. The van der Waals surface area contributed by atoms with E-state index < -0.39 is 18.0 Å². The molecule has 7 heteroatoms. The number of carbonyl (C=O) groups excluding carboxylic acids is 1. The van der Waals surface area contributed by atoms with E-state index in [1.807, 2.05) is 0 Å². The lowest BCUT2D eigenvalue weighted by Gasteiger charge is -2.13. The lowest BCUT2D eigenvalue weighted by molar-refractivity contribution is -0.138. The number of amides is 2. The molecule has 1 aromatic carbocycles. The normalized spacial score (nSPS) is 11.5.